The van der Waals surface area contributed by atoms with Crippen molar-refractivity contribution in [1.82, 2.24) is 15.1 Å². The second kappa shape index (κ2) is 9.96. The van der Waals surface area contributed by atoms with Gasteiger partial charge in [0.2, 0.25) is 0 Å². The molecule has 1 aromatic rings. The van der Waals surface area contributed by atoms with Crippen LogP contribution in [-0.4, -0.2) is 74.3 Å². The fraction of sp³-hybridized carbons (Fsp3) is 0.667. The van der Waals surface area contributed by atoms with Gasteiger partial charge in [0, 0.05) is 49.2 Å². The molecule has 1 aromatic carbocycles. The summed E-state index contributed by atoms with van der Waals surface area (Å²) in [7, 11) is 0. The Bertz CT molecular complexity index is 659. The van der Waals surface area contributed by atoms with Crippen LogP contribution in [0.25, 0.3) is 0 Å². The number of morpholine rings is 1. The Labute approximate surface area is 190 Å². The van der Waals surface area contributed by atoms with Crippen LogP contribution in [-0.2, 0) is 10.2 Å². The van der Waals surface area contributed by atoms with E-state index in [1.165, 1.54) is 24.8 Å². The molecule has 28 heavy (non-hydrogen) atoms. The van der Waals surface area contributed by atoms with Gasteiger partial charge in [-0.15, -0.1) is 24.0 Å². The van der Waals surface area contributed by atoms with E-state index in [1.807, 2.05) is 12.1 Å². The second-order valence-corrected chi connectivity index (χ2v) is 8.43. The lowest BCUT2D eigenvalue weighted by atomic mass is 9.96. The molecule has 1 saturated carbocycles. The van der Waals surface area contributed by atoms with Gasteiger partial charge in [-0.1, -0.05) is 23.7 Å². The minimum atomic E-state index is 0. The highest BCUT2D eigenvalue weighted by Crippen LogP contribution is 2.48. The molecule has 7 heteroatoms. The van der Waals surface area contributed by atoms with E-state index in [9.17, 15) is 0 Å². The summed E-state index contributed by atoms with van der Waals surface area (Å²) in [5.74, 6) is 1.08. The molecule has 2 aliphatic heterocycles. The molecule has 1 N–H and O–H groups in total. The Morgan fingerprint density at radius 2 is 1.93 bits per heavy atom. The Morgan fingerprint density at radius 1 is 1.21 bits per heavy atom. The molecule has 1 atom stereocenters. The number of hydrogen-bond acceptors (Lipinski definition) is 3. The SMILES string of the molecule is CCNC(=NCC1(c2ccc(Cl)cc2)CC1)N1CCC(N2CCOCC2)C1.I. The molecule has 0 amide bonds. The van der Waals surface area contributed by atoms with Crippen LogP contribution >= 0.6 is 35.6 Å². The lowest BCUT2D eigenvalue weighted by Gasteiger charge is -2.32. The highest BCUT2D eigenvalue weighted by molar-refractivity contribution is 14.0. The van der Waals surface area contributed by atoms with Crippen molar-refractivity contribution >= 4 is 41.5 Å². The van der Waals surface area contributed by atoms with Crippen molar-refractivity contribution in [2.45, 2.75) is 37.6 Å². The highest BCUT2D eigenvalue weighted by Gasteiger charge is 2.44. The number of nitrogens with zero attached hydrogens (tertiary/aromatic N) is 3. The monoisotopic (exact) mass is 518 g/mol. The van der Waals surface area contributed by atoms with Crippen molar-refractivity contribution in [3.63, 3.8) is 0 Å². The van der Waals surface area contributed by atoms with Crippen LogP contribution in [0.2, 0.25) is 5.02 Å². The number of aliphatic imine (C=N–C) groups is 1. The molecule has 2 saturated heterocycles. The molecule has 1 aliphatic carbocycles. The van der Waals surface area contributed by atoms with Gasteiger partial charge in [0.1, 0.15) is 0 Å². The van der Waals surface area contributed by atoms with Gasteiger partial charge in [-0.2, -0.15) is 0 Å². The van der Waals surface area contributed by atoms with Gasteiger partial charge in [0.25, 0.3) is 0 Å². The quantitative estimate of drug-likeness (QED) is 0.369. The smallest absolute Gasteiger partial charge is 0.193 e. The van der Waals surface area contributed by atoms with Gasteiger partial charge < -0.3 is 15.0 Å². The maximum Gasteiger partial charge on any atom is 0.193 e. The van der Waals surface area contributed by atoms with E-state index >= 15 is 0 Å². The minimum absolute atomic E-state index is 0. The van der Waals surface area contributed by atoms with Gasteiger partial charge in [0.05, 0.1) is 19.8 Å². The van der Waals surface area contributed by atoms with Crippen molar-refractivity contribution < 1.29 is 4.74 Å². The van der Waals surface area contributed by atoms with Gasteiger partial charge in [-0.25, -0.2) is 0 Å². The van der Waals surface area contributed by atoms with Gasteiger partial charge in [0.15, 0.2) is 5.96 Å². The standard InChI is InChI=1S/C21H31ClN4O.HI/c1-2-23-20(26-10-7-19(15-26)25-11-13-27-14-12-25)24-16-21(8-9-21)17-3-5-18(22)6-4-17;/h3-6,19H,2,7-16H2,1H3,(H,23,24);1H. The lowest BCUT2D eigenvalue weighted by Crippen LogP contribution is -2.46. The molecule has 0 radical (unpaired) electrons. The highest BCUT2D eigenvalue weighted by atomic mass is 127. The van der Waals surface area contributed by atoms with Crippen molar-refractivity contribution in [2.75, 3.05) is 52.5 Å². The number of rotatable bonds is 5. The summed E-state index contributed by atoms with van der Waals surface area (Å²) < 4.78 is 5.50. The largest absolute Gasteiger partial charge is 0.379 e. The first-order valence-corrected chi connectivity index (χ1v) is 10.7. The summed E-state index contributed by atoms with van der Waals surface area (Å²) in [6.07, 6.45) is 3.65. The van der Waals surface area contributed by atoms with Crippen LogP contribution in [0.3, 0.4) is 0 Å². The first-order chi connectivity index (χ1) is 13.2. The zero-order valence-corrected chi connectivity index (χ0v) is 19.8. The molecule has 4 rings (SSSR count). The average molecular weight is 519 g/mol. The molecular formula is C21H32ClIN4O. The number of halogens is 2. The van der Waals surface area contributed by atoms with Gasteiger partial charge >= 0.3 is 0 Å². The number of hydrogen-bond donors (Lipinski definition) is 1. The molecule has 0 spiro atoms. The summed E-state index contributed by atoms with van der Waals surface area (Å²) in [5, 5.41) is 4.32. The van der Waals surface area contributed by atoms with E-state index in [0.29, 0.717) is 6.04 Å². The summed E-state index contributed by atoms with van der Waals surface area (Å²) in [5.41, 5.74) is 1.59. The molecule has 0 aromatic heterocycles. The predicted molar refractivity (Wildman–Crippen MR) is 126 cm³/mol. The van der Waals surface area contributed by atoms with Crippen molar-refractivity contribution in [3.8, 4) is 0 Å². The summed E-state index contributed by atoms with van der Waals surface area (Å²) in [6, 6.07) is 8.96. The van der Waals surface area contributed by atoms with E-state index in [2.05, 4.69) is 34.2 Å². The van der Waals surface area contributed by atoms with Crippen LogP contribution in [0.15, 0.2) is 29.3 Å². The Balaban J connectivity index is 0.00000225. The third-order valence-electron chi connectivity index (χ3n) is 6.20. The van der Waals surface area contributed by atoms with Gasteiger partial charge in [-0.05, 0) is 43.9 Å². The van der Waals surface area contributed by atoms with Crippen molar-refractivity contribution in [3.05, 3.63) is 34.9 Å². The summed E-state index contributed by atoms with van der Waals surface area (Å²) in [6.45, 7) is 9.93. The van der Waals surface area contributed by atoms with E-state index < -0.39 is 0 Å². The van der Waals surface area contributed by atoms with Crippen LogP contribution in [0.1, 0.15) is 31.7 Å². The van der Waals surface area contributed by atoms with E-state index in [1.54, 1.807) is 0 Å². The van der Waals surface area contributed by atoms with Crippen molar-refractivity contribution in [2.24, 2.45) is 4.99 Å². The predicted octanol–water partition coefficient (Wildman–Crippen LogP) is 3.36. The normalized spacial score (nSPS) is 24.7. The number of benzene rings is 1. The molecule has 2 heterocycles. The number of likely N-dealkylation sites (tertiary alicyclic amines) is 1. The lowest BCUT2D eigenvalue weighted by molar-refractivity contribution is 0.0195. The van der Waals surface area contributed by atoms with Crippen LogP contribution < -0.4 is 5.32 Å². The van der Waals surface area contributed by atoms with E-state index in [-0.39, 0.29) is 29.4 Å². The van der Waals surface area contributed by atoms with Crippen molar-refractivity contribution in [1.29, 1.82) is 0 Å². The maximum atomic E-state index is 6.06. The third kappa shape index (κ3) is 5.12. The molecule has 0 bridgehead atoms. The fourth-order valence-corrected chi connectivity index (χ4v) is 4.45. The first kappa shape index (κ1) is 22.1. The summed E-state index contributed by atoms with van der Waals surface area (Å²) >= 11 is 6.06. The minimum Gasteiger partial charge on any atom is -0.379 e. The maximum absolute atomic E-state index is 6.06. The topological polar surface area (TPSA) is 40.1 Å². The molecule has 156 valence electrons. The second-order valence-electron chi connectivity index (χ2n) is 7.99. The average Bonchev–Trinajstić information content (AvgIpc) is 3.33. The molecule has 3 fully saturated rings. The number of nitrogens with one attached hydrogen (secondary N) is 1. The Hall–Kier alpha value is -0.570. The van der Waals surface area contributed by atoms with E-state index in [0.717, 1.165) is 63.5 Å². The molecule has 1 unspecified atom stereocenters. The third-order valence-corrected chi connectivity index (χ3v) is 6.45. The van der Waals surface area contributed by atoms with Gasteiger partial charge in [-0.3, -0.25) is 9.89 Å². The number of guanidine groups is 1. The van der Waals surface area contributed by atoms with E-state index in [4.69, 9.17) is 21.3 Å². The molecule has 5 nitrogen and oxygen atoms in total. The number of ether oxygens (including phenoxy) is 1. The van der Waals surface area contributed by atoms with Crippen LogP contribution in [0.4, 0.5) is 0 Å². The molecular weight excluding hydrogens is 487 g/mol. The first-order valence-electron chi connectivity index (χ1n) is 10.3. The van der Waals surface area contributed by atoms with Crippen LogP contribution in [0, 0.1) is 0 Å². The molecule has 3 aliphatic rings. The van der Waals surface area contributed by atoms with Crippen LogP contribution in [0.5, 0.6) is 0 Å². The Morgan fingerprint density at radius 3 is 2.57 bits per heavy atom. The fourth-order valence-electron chi connectivity index (χ4n) is 4.32. The zero-order valence-electron chi connectivity index (χ0n) is 16.7. The zero-order chi connectivity index (χ0) is 18.7. The summed E-state index contributed by atoms with van der Waals surface area (Å²) in [4.78, 5) is 10.1. The Kier molecular flexibility index (Phi) is 7.87.